The molecule has 0 saturated carbocycles. The van der Waals surface area contributed by atoms with E-state index in [9.17, 15) is 14.7 Å². The number of hydrogen-bond acceptors (Lipinski definition) is 6. The summed E-state index contributed by atoms with van der Waals surface area (Å²) in [7, 11) is 0. The molecular formula is C11H16O6. The van der Waals surface area contributed by atoms with Crippen LogP contribution in [0.4, 0.5) is 0 Å². The molecule has 2 unspecified atom stereocenters. The summed E-state index contributed by atoms with van der Waals surface area (Å²) < 4.78 is 14.7. The van der Waals surface area contributed by atoms with Gasteiger partial charge in [-0.15, -0.1) is 0 Å². The van der Waals surface area contributed by atoms with Crippen LogP contribution in [0.2, 0.25) is 0 Å². The largest absolute Gasteiger partial charge is 0.458 e. The zero-order chi connectivity index (χ0) is 13.1. The molecule has 6 heteroatoms. The Labute approximate surface area is 99.2 Å². The molecule has 0 amide bonds. The van der Waals surface area contributed by atoms with Gasteiger partial charge in [0.2, 0.25) is 0 Å². The first-order valence-electron chi connectivity index (χ1n) is 5.32. The molecular weight excluding hydrogens is 228 g/mol. The minimum absolute atomic E-state index is 0.108. The molecule has 96 valence electrons. The van der Waals surface area contributed by atoms with Gasteiger partial charge in [-0.05, 0) is 13.3 Å². The molecule has 1 heterocycles. The average molecular weight is 244 g/mol. The van der Waals surface area contributed by atoms with E-state index in [2.05, 4.69) is 11.3 Å². The molecule has 0 spiro atoms. The number of hydrogen-bond donors (Lipinski definition) is 1. The summed E-state index contributed by atoms with van der Waals surface area (Å²) in [5, 5.41) is 9.69. The SMILES string of the molecule is C=C(C)C(=O)OC1(OCCC)C(=O)OCC1O. The summed E-state index contributed by atoms with van der Waals surface area (Å²) in [6, 6.07) is 0. The van der Waals surface area contributed by atoms with Crippen LogP contribution in [0.15, 0.2) is 12.2 Å². The van der Waals surface area contributed by atoms with Crippen LogP contribution >= 0.6 is 0 Å². The number of carbonyl (C=O) groups is 2. The van der Waals surface area contributed by atoms with Crippen molar-refractivity contribution >= 4 is 11.9 Å². The summed E-state index contributed by atoms with van der Waals surface area (Å²) >= 11 is 0. The Morgan fingerprint density at radius 1 is 1.71 bits per heavy atom. The summed E-state index contributed by atoms with van der Waals surface area (Å²) in [5.41, 5.74) is 0.108. The molecule has 0 radical (unpaired) electrons. The molecule has 0 bridgehead atoms. The molecule has 1 rings (SSSR count). The van der Waals surface area contributed by atoms with E-state index >= 15 is 0 Å². The van der Waals surface area contributed by atoms with Gasteiger partial charge in [0.1, 0.15) is 6.61 Å². The molecule has 2 atom stereocenters. The molecule has 0 aromatic carbocycles. The minimum Gasteiger partial charge on any atom is -0.458 e. The highest BCUT2D eigenvalue weighted by atomic mass is 16.8. The predicted molar refractivity (Wildman–Crippen MR) is 56.8 cm³/mol. The van der Waals surface area contributed by atoms with Crippen molar-refractivity contribution in [3.05, 3.63) is 12.2 Å². The number of aliphatic hydroxyl groups is 1. The fraction of sp³-hybridized carbons (Fsp3) is 0.636. The van der Waals surface area contributed by atoms with Crippen LogP contribution in [0.25, 0.3) is 0 Å². The van der Waals surface area contributed by atoms with Gasteiger partial charge in [0.25, 0.3) is 0 Å². The maximum Gasteiger partial charge on any atom is 0.383 e. The number of ether oxygens (including phenoxy) is 3. The second-order valence-electron chi connectivity index (χ2n) is 3.80. The molecule has 1 saturated heterocycles. The van der Waals surface area contributed by atoms with Crippen LogP contribution in [-0.2, 0) is 23.8 Å². The minimum atomic E-state index is -2.05. The number of esters is 2. The van der Waals surface area contributed by atoms with E-state index in [0.717, 1.165) is 0 Å². The van der Waals surface area contributed by atoms with Crippen LogP contribution in [0.3, 0.4) is 0 Å². The first kappa shape index (κ1) is 13.7. The number of cyclic esters (lactones) is 1. The molecule has 17 heavy (non-hydrogen) atoms. The van der Waals surface area contributed by atoms with Crippen molar-refractivity contribution in [2.45, 2.75) is 32.2 Å². The summed E-state index contributed by atoms with van der Waals surface area (Å²) in [5.74, 6) is -3.75. The Bertz CT molecular complexity index is 337. The van der Waals surface area contributed by atoms with Crippen molar-refractivity contribution in [1.82, 2.24) is 0 Å². The summed E-state index contributed by atoms with van der Waals surface area (Å²) in [4.78, 5) is 23.0. The Morgan fingerprint density at radius 3 is 2.76 bits per heavy atom. The lowest BCUT2D eigenvalue weighted by molar-refractivity contribution is -0.247. The Balaban J connectivity index is 2.89. The fourth-order valence-electron chi connectivity index (χ4n) is 1.27. The van der Waals surface area contributed by atoms with E-state index in [1.807, 2.05) is 6.92 Å². The zero-order valence-electron chi connectivity index (χ0n) is 9.89. The lowest BCUT2D eigenvalue weighted by Gasteiger charge is -2.27. The van der Waals surface area contributed by atoms with Gasteiger partial charge in [-0.3, -0.25) is 0 Å². The van der Waals surface area contributed by atoms with Gasteiger partial charge < -0.3 is 19.3 Å². The Kier molecular flexibility index (Phi) is 4.25. The summed E-state index contributed by atoms with van der Waals surface area (Å²) in [6.45, 7) is 6.55. The van der Waals surface area contributed by atoms with Crippen LogP contribution < -0.4 is 0 Å². The lowest BCUT2D eigenvalue weighted by Crippen LogP contribution is -2.51. The standard InChI is InChI=1S/C11H16O6/c1-4-5-16-11(17-9(13)7(2)3)8(12)6-15-10(11)14/h8,12H,2,4-6H2,1,3H3. The van der Waals surface area contributed by atoms with Crippen LogP contribution in [0, 0.1) is 0 Å². The van der Waals surface area contributed by atoms with Crippen molar-refractivity contribution in [2.75, 3.05) is 13.2 Å². The third kappa shape index (κ3) is 2.65. The Hall–Kier alpha value is -1.40. The van der Waals surface area contributed by atoms with Gasteiger partial charge in [0, 0.05) is 5.57 Å². The quantitative estimate of drug-likeness (QED) is 0.421. The average Bonchev–Trinajstić information content (AvgIpc) is 2.55. The third-order valence-electron chi connectivity index (χ3n) is 2.21. The van der Waals surface area contributed by atoms with Crippen LogP contribution in [0.5, 0.6) is 0 Å². The van der Waals surface area contributed by atoms with Crippen molar-refractivity contribution in [3.63, 3.8) is 0 Å². The molecule has 0 aromatic rings. The molecule has 0 aromatic heterocycles. The summed E-state index contributed by atoms with van der Waals surface area (Å²) in [6.07, 6.45) is -0.725. The van der Waals surface area contributed by atoms with Gasteiger partial charge in [-0.2, -0.15) is 0 Å². The molecule has 1 aliphatic rings. The van der Waals surface area contributed by atoms with E-state index in [0.29, 0.717) is 6.42 Å². The van der Waals surface area contributed by atoms with Crippen molar-refractivity contribution in [2.24, 2.45) is 0 Å². The number of rotatable bonds is 5. The zero-order valence-corrected chi connectivity index (χ0v) is 9.89. The van der Waals surface area contributed by atoms with Crippen molar-refractivity contribution < 1.29 is 28.9 Å². The molecule has 1 N–H and O–H groups in total. The smallest absolute Gasteiger partial charge is 0.383 e. The highest BCUT2D eigenvalue weighted by Crippen LogP contribution is 2.28. The van der Waals surface area contributed by atoms with Crippen molar-refractivity contribution in [1.29, 1.82) is 0 Å². The third-order valence-corrected chi connectivity index (χ3v) is 2.21. The molecule has 1 fully saturated rings. The first-order chi connectivity index (χ1) is 7.94. The number of carbonyl (C=O) groups excluding carboxylic acids is 2. The second-order valence-corrected chi connectivity index (χ2v) is 3.80. The molecule has 1 aliphatic heterocycles. The monoisotopic (exact) mass is 244 g/mol. The van der Waals surface area contributed by atoms with E-state index in [1.54, 1.807) is 0 Å². The van der Waals surface area contributed by atoms with Gasteiger partial charge in [0.05, 0.1) is 6.61 Å². The topological polar surface area (TPSA) is 82.1 Å². The van der Waals surface area contributed by atoms with Gasteiger partial charge in [0.15, 0.2) is 6.10 Å². The van der Waals surface area contributed by atoms with E-state index in [4.69, 9.17) is 9.47 Å². The van der Waals surface area contributed by atoms with Crippen molar-refractivity contribution in [3.8, 4) is 0 Å². The van der Waals surface area contributed by atoms with Crippen LogP contribution in [-0.4, -0.2) is 42.1 Å². The van der Waals surface area contributed by atoms with Crippen LogP contribution in [0.1, 0.15) is 20.3 Å². The lowest BCUT2D eigenvalue weighted by atomic mass is 10.2. The number of aliphatic hydroxyl groups excluding tert-OH is 1. The maximum absolute atomic E-state index is 11.6. The maximum atomic E-state index is 11.6. The molecule has 0 aliphatic carbocycles. The normalized spacial score (nSPS) is 27.7. The first-order valence-corrected chi connectivity index (χ1v) is 5.32. The highest BCUT2D eigenvalue weighted by Gasteiger charge is 2.57. The van der Waals surface area contributed by atoms with E-state index < -0.39 is 23.8 Å². The Morgan fingerprint density at radius 2 is 2.35 bits per heavy atom. The predicted octanol–water partition coefficient (Wildman–Crippen LogP) is 0.146. The van der Waals surface area contributed by atoms with Gasteiger partial charge in [-0.25, -0.2) is 9.59 Å². The van der Waals surface area contributed by atoms with E-state index in [-0.39, 0.29) is 18.8 Å². The molecule has 6 nitrogen and oxygen atoms in total. The van der Waals surface area contributed by atoms with Gasteiger partial charge >= 0.3 is 17.7 Å². The van der Waals surface area contributed by atoms with E-state index in [1.165, 1.54) is 6.92 Å². The fourth-order valence-corrected chi connectivity index (χ4v) is 1.27. The van der Waals surface area contributed by atoms with Gasteiger partial charge in [-0.1, -0.05) is 13.5 Å². The second kappa shape index (κ2) is 5.29. The highest BCUT2D eigenvalue weighted by molar-refractivity contribution is 5.91.